The van der Waals surface area contributed by atoms with E-state index in [-0.39, 0.29) is 17.7 Å². The Morgan fingerprint density at radius 3 is 2.67 bits per heavy atom. The van der Waals surface area contributed by atoms with E-state index in [0.717, 1.165) is 9.99 Å². The van der Waals surface area contributed by atoms with E-state index >= 15 is 0 Å². The van der Waals surface area contributed by atoms with E-state index in [4.69, 9.17) is 11.6 Å². The molecule has 1 aromatic carbocycles. The molecular weight excluding hydrogens is 365 g/mol. The quantitative estimate of drug-likeness (QED) is 0.607. The first kappa shape index (κ1) is 15.6. The van der Waals surface area contributed by atoms with E-state index in [0.29, 0.717) is 17.4 Å². The molecule has 0 saturated carbocycles. The van der Waals surface area contributed by atoms with Gasteiger partial charge in [-0.05, 0) is 53.1 Å². The number of aromatic hydroxyl groups is 1. The maximum atomic E-state index is 12.0. The van der Waals surface area contributed by atoms with E-state index < -0.39 is 0 Å². The first-order valence-corrected chi connectivity index (χ1v) is 7.42. The van der Waals surface area contributed by atoms with E-state index in [1.165, 1.54) is 6.07 Å². The van der Waals surface area contributed by atoms with Crippen LogP contribution < -0.4 is 5.32 Å². The summed E-state index contributed by atoms with van der Waals surface area (Å²) in [5.74, 6) is 0.790. The highest BCUT2D eigenvalue weighted by Gasteiger charge is 2.17. The Hall–Kier alpha value is -0.490. The van der Waals surface area contributed by atoms with Gasteiger partial charge in [-0.2, -0.15) is 0 Å². The third-order valence-electron chi connectivity index (χ3n) is 2.75. The second-order valence-corrected chi connectivity index (χ2v) is 6.01. The van der Waals surface area contributed by atoms with Crippen molar-refractivity contribution in [3.05, 3.63) is 27.3 Å². The molecule has 2 N–H and O–H groups in total. The van der Waals surface area contributed by atoms with Crippen LogP contribution in [0.1, 0.15) is 30.6 Å². The Balaban J connectivity index is 2.77. The third kappa shape index (κ3) is 4.31. The molecule has 0 radical (unpaired) electrons. The minimum Gasteiger partial charge on any atom is -0.507 e. The van der Waals surface area contributed by atoms with Gasteiger partial charge in [-0.3, -0.25) is 4.79 Å². The Labute approximate surface area is 126 Å². The van der Waals surface area contributed by atoms with Gasteiger partial charge in [-0.1, -0.05) is 13.8 Å². The lowest BCUT2D eigenvalue weighted by atomic mass is 10.0. The molecule has 0 saturated heterocycles. The van der Waals surface area contributed by atoms with Gasteiger partial charge in [0.25, 0.3) is 5.91 Å². The summed E-state index contributed by atoms with van der Waals surface area (Å²) in [7, 11) is 0. The Morgan fingerprint density at radius 2 is 2.17 bits per heavy atom. The van der Waals surface area contributed by atoms with Crippen molar-refractivity contribution in [1.29, 1.82) is 0 Å². The molecule has 5 heteroatoms. The largest absolute Gasteiger partial charge is 0.507 e. The zero-order valence-electron chi connectivity index (χ0n) is 10.4. The average Bonchev–Trinajstić information content (AvgIpc) is 2.31. The van der Waals surface area contributed by atoms with E-state index in [1.54, 1.807) is 12.1 Å². The second kappa shape index (κ2) is 7.19. The first-order chi connectivity index (χ1) is 8.45. The van der Waals surface area contributed by atoms with Crippen molar-refractivity contribution >= 4 is 40.1 Å². The Bertz CT molecular complexity index is 423. The molecule has 100 valence electrons. The molecule has 0 spiro atoms. The smallest absolute Gasteiger partial charge is 0.251 e. The number of halogens is 2. The van der Waals surface area contributed by atoms with Crippen molar-refractivity contribution in [1.82, 2.24) is 5.32 Å². The molecule has 0 aliphatic carbocycles. The van der Waals surface area contributed by atoms with Crippen molar-refractivity contribution in [2.24, 2.45) is 5.92 Å². The van der Waals surface area contributed by atoms with Crippen LogP contribution in [0.25, 0.3) is 0 Å². The summed E-state index contributed by atoms with van der Waals surface area (Å²) in [5, 5.41) is 12.5. The number of alkyl halides is 1. The highest BCUT2D eigenvalue weighted by molar-refractivity contribution is 14.1. The zero-order valence-corrected chi connectivity index (χ0v) is 13.3. The fourth-order valence-electron chi connectivity index (χ4n) is 1.60. The standard InChI is InChI=1S/C13H17ClINO2/c1-8(2)11(5-6-14)16-13(18)9-3-4-10(15)12(17)7-9/h3-4,7-8,11,17H,5-6H2,1-2H3,(H,16,18). The van der Waals surface area contributed by atoms with Crippen LogP contribution in [0.2, 0.25) is 0 Å². The molecule has 0 aromatic heterocycles. The maximum absolute atomic E-state index is 12.0. The number of hydrogen-bond donors (Lipinski definition) is 2. The fourth-order valence-corrected chi connectivity index (χ4v) is 2.17. The Kier molecular flexibility index (Phi) is 6.21. The van der Waals surface area contributed by atoms with Gasteiger partial charge in [-0.25, -0.2) is 0 Å². The number of phenols is 1. The molecule has 3 nitrogen and oxygen atoms in total. The lowest BCUT2D eigenvalue weighted by molar-refractivity contribution is 0.0924. The van der Waals surface area contributed by atoms with Gasteiger partial charge < -0.3 is 10.4 Å². The normalized spacial score (nSPS) is 12.5. The highest BCUT2D eigenvalue weighted by atomic mass is 127. The molecule has 0 aliphatic rings. The van der Waals surface area contributed by atoms with Crippen LogP contribution in [0.15, 0.2) is 18.2 Å². The van der Waals surface area contributed by atoms with Gasteiger partial charge in [0, 0.05) is 17.5 Å². The van der Waals surface area contributed by atoms with Gasteiger partial charge in [0.1, 0.15) is 5.75 Å². The predicted molar refractivity (Wildman–Crippen MR) is 82.3 cm³/mol. The van der Waals surface area contributed by atoms with Crippen molar-refractivity contribution in [3.8, 4) is 5.75 Å². The summed E-state index contributed by atoms with van der Waals surface area (Å²) in [4.78, 5) is 12.0. The summed E-state index contributed by atoms with van der Waals surface area (Å²) in [6.07, 6.45) is 0.737. The van der Waals surface area contributed by atoms with Crippen LogP contribution in [0.3, 0.4) is 0 Å². The molecule has 1 aromatic rings. The SMILES string of the molecule is CC(C)C(CCCl)NC(=O)c1ccc(I)c(O)c1. The molecule has 0 aliphatic heterocycles. The van der Waals surface area contributed by atoms with Crippen LogP contribution in [0.5, 0.6) is 5.75 Å². The summed E-state index contributed by atoms with van der Waals surface area (Å²) >= 11 is 7.74. The summed E-state index contributed by atoms with van der Waals surface area (Å²) < 4.78 is 0.727. The van der Waals surface area contributed by atoms with Gasteiger partial charge in [0.15, 0.2) is 0 Å². The number of amides is 1. The van der Waals surface area contributed by atoms with E-state index in [9.17, 15) is 9.90 Å². The average molecular weight is 382 g/mol. The lowest BCUT2D eigenvalue weighted by Crippen LogP contribution is -2.38. The number of phenolic OH excluding ortho intramolecular Hbond substituents is 1. The number of rotatable bonds is 5. The summed E-state index contributed by atoms with van der Waals surface area (Å²) in [5.41, 5.74) is 0.466. The van der Waals surface area contributed by atoms with Gasteiger partial charge in [0.05, 0.1) is 3.57 Å². The fraction of sp³-hybridized carbons (Fsp3) is 0.462. The second-order valence-electron chi connectivity index (χ2n) is 4.47. The number of hydrogen-bond acceptors (Lipinski definition) is 2. The molecule has 0 heterocycles. The van der Waals surface area contributed by atoms with Crippen LogP contribution in [0, 0.1) is 9.49 Å². The van der Waals surface area contributed by atoms with Crippen molar-refractivity contribution in [2.45, 2.75) is 26.3 Å². The maximum Gasteiger partial charge on any atom is 0.251 e. The lowest BCUT2D eigenvalue weighted by Gasteiger charge is -2.21. The minimum atomic E-state index is -0.175. The summed E-state index contributed by atoms with van der Waals surface area (Å²) in [6, 6.07) is 4.96. The topological polar surface area (TPSA) is 49.3 Å². The van der Waals surface area contributed by atoms with Gasteiger partial charge >= 0.3 is 0 Å². The van der Waals surface area contributed by atoms with Gasteiger partial charge in [-0.15, -0.1) is 11.6 Å². The number of benzene rings is 1. The molecule has 1 amide bonds. The molecule has 18 heavy (non-hydrogen) atoms. The molecular formula is C13H17ClINO2. The van der Waals surface area contributed by atoms with Crippen LogP contribution >= 0.6 is 34.2 Å². The molecule has 0 fully saturated rings. The van der Waals surface area contributed by atoms with Crippen molar-refractivity contribution < 1.29 is 9.90 Å². The molecule has 0 bridgehead atoms. The number of nitrogens with one attached hydrogen (secondary N) is 1. The highest BCUT2D eigenvalue weighted by Crippen LogP contribution is 2.20. The number of carbonyl (C=O) groups excluding carboxylic acids is 1. The molecule has 1 atom stereocenters. The van der Waals surface area contributed by atoms with Crippen LogP contribution in [0.4, 0.5) is 0 Å². The van der Waals surface area contributed by atoms with Crippen molar-refractivity contribution in [2.75, 3.05) is 5.88 Å². The van der Waals surface area contributed by atoms with E-state index in [1.807, 2.05) is 36.4 Å². The predicted octanol–water partition coefficient (Wildman–Crippen LogP) is 3.38. The third-order valence-corrected chi connectivity index (χ3v) is 3.88. The zero-order chi connectivity index (χ0) is 13.7. The van der Waals surface area contributed by atoms with Crippen LogP contribution in [-0.4, -0.2) is 22.9 Å². The van der Waals surface area contributed by atoms with E-state index in [2.05, 4.69) is 5.32 Å². The summed E-state index contributed by atoms with van der Waals surface area (Å²) in [6.45, 7) is 4.09. The monoisotopic (exact) mass is 381 g/mol. The molecule has 1 rings (SSSR count). The van der Waals surface area contributed by atoms with Gasteiger partial charge in [0.2, 0.25) is 0 Å². The first-order valence-electron chi connectivity index (χ1n) is 5.81. The Morgan fingerprint density at radius 1 is 1.50 bits per heavy atom. The minimum absolute atomic E-state index is 0.0522. The van der Waals surface area contributed by atoms with Crippen molar-refractivity contribution in [3.63, 3.8) is 0 Å². The van der Waals surface area contributed by atoms with Crippen LogP contribution in [-0.2, 0) is 0 Å². The molecule has 1 unspecified atom stereocenters. The number of carbonyl (C=O) groups is 1.